The normalized spacial score (nSPS) is 11.3. The van der Waals surface area contributed by atoms with Crippen LogP contribution in [0.5, 0.6) is 0 Å². The molecule has 2 heterocycles. The topological polar surface area (TPSA) is 48.6 Å². The molecule has 0 saturated carbocycles. The second kappa shape index (κ2) is 2.70. The predicted octanol–water partition coefficient (Wildman–Crippen LogP) is 2.15. The van der Waals surface area contributed by atoms with Crippen molar-refractivity contribution in [3.05, 3.63) is 46.6 Å². The number of pyridine rings is 1. The maximum absolute atomic E-state index is 13.0. The van der Waals surface area contributed by atoms with Gasteiger partial charge in [-0.05, 0) is 24.3 Å². The quantitative estimate of drug-likeness (QED) is 0.576. The predicted molar refractivity (Wildman–Crippen MR) is 56.4 cm³/mol. The Labute approximate surface area is 83.6 Å². The van der Waals surface area contributed by atoms with Crippen LogP contribution in [0.2, 0.25) is 0 Å². The van der Waals surface area contributed by atoms with Crippen LogP contribution < -0.4 is 5.56 Å². The SMILES string of the molecule is O=c1[nH]c2cc(F)ccc2c2cc[nH]c12. The van der Waals surface area contributed by atoms with E-state index < -0.39 is 0 Å². The van der Waals surface area contributed by atoms with Crippen molar-refractivity contribution in [1.82, 2.24) is 9.97 Å². The van der Waals surface area contributed by atoms with Crippen molar-refractivity contribution < 1.29 is 4.39 Å². The van der Waals surface area contributed by atoms with Crippen LogP contribution in [0.3, 0.4) is 0 Å². The molecule has 0 bridgehead atoms. The first-order valence-electron chi connectivity index (χ1n) is 4.54. The van der Waals surface area contributed by atoms with Gasteiger partial charge in [-0.3, -0.25) is 4.79 Å². The zero-order chi connectivity index (χ0) is 10.4. The van der Waals surface area contributed by atoms with Crippen LogP contribution in [0.4, 0.5) is 4.39 Å². The maximum atomic E-state index is 13.0. The molecule has 2 N–H and O–H groups in total. The minimum Gasteiger partial charge on any atom is -0.357 e. The largest absolute Gasteiger partial charge is 0.357 e. The lowest BCUT2D eigenvalue weighted by molar-refractivity contribution is 0.629. The molecule has 0 aliphatic carbocycles. The smallest absolute Gasteiger partial charge is 0.272 e. The second-order valence-corrected chi connectivity index (χ2v) is 3.41. The summed E-state index contributed by atoms with van der Waals surface area (Å²) < 4.78 is 13.0. The van der Waals surface area contributed by atoms with E-state index in [1.54, 1.807) is 12.3 Å². The Morgan fingerprint density at radius 3 is 2.87 bits per heavy atom. The molecular formula is C11H7FN2O. The van der Waals surface area contributed by atoms with Crippen molar-refractivity contribution in [2.24, 2.45) is 0 Å². The van der Waals surface area contributed by atoms with Crippen molar-refractivity contribution in [3.8, 4) is 0 Å². The first kappa shape index (κ1) is 8.23. The van der Waals surface area contributed by atoms with Crippen LogP contribution in [-0.2, 0) is 0 Å². The molecule has 0 atom stereocenters. The zero-order valence-corrected chi connectivity index (χ0v) is 7.67. The van der Waals surface area contributed by atoms with E-state index in [0.717, 1.165) is 10.8 Å². The van der Waals surface area contributed by atoms with Crippen molar-refractivity contribution in [2.75, 3.05) is 0 Å². The van der Waals surface area contributed by atoms with Crippen LogP contribution in [0, 0.1) is 5.82 Å². The number of benzene rings is 1. The number of hydrogen-bond donors (Lipinski definition) is 2. The lowest BCUT2D eigenvalue weighted by atomic mass is 10.1. The molecule has 3 rings (SSSR count). The van der Waals surface area contributed by atoms with E-state index in [1.807, 2.05) is 6.07 Å². The standard InChI is InChI=1S/C11H7FN2O/c12-6-1-2-7-8-3-4-13-10(8)11(15)14-9(7)5-6/h1-5,13H,(H,14,15). The molecule has 0 spiro atoms. The van der Waals surface area contributed by atoms with Crippen LogP contribution in [0.15, 0.2) is 35.3 Å². The van der Waals surface area contributed by atoms with Gasteiger partial charge >= 0.3 is 0 Å². The molecule has 1 aromatic carbocycles. The monoisotopic (exact) mass is 202 g/mol. The van der Waals surface area contributed by atoms with Gasteiger partial charge in [-0.1, -0.05) is 0 Å². The summed E-state index contributed by atoms with van der Waals surface area (Å²) >= 11 is 0. The van der Waals surface area contributed by atoms with Crippen LogP contribution in [0.1, 0.15) is 0 Å². The fraction of sp³-hybridized carbons (Fsp3) is 0. The van der Waals surface area contributed by atoms with Crippen LogP contribution in [0.25, 0.3) is 21.8 Å². The van der Waals surface area contributed by atoms with Gasteiger partial charge in [0.1, 0.15) is 11.3 Å². The molecule has 0 radical (unpaired) electrons. The summed E-state index contributed by atoms with van der Waals surface area (Å²) in [4.78, 5) is 17.0. The molecule has 0 saturated heterocycles. The molecule has 2 aromatic heterocycles. The van der Waals surface area contributed by atoms with E-state index in [4.69, 9.17) is 0 Å². The van der Waals surface area contributed by atoms with E-state index in [-0.39, 0.29) is 11.4 Å². The Kier molecular flexibility index (Phi) is 1.48. The van der Waals surface area contributed by atoms with Gasteiger partial charge in [0, 0.05) is 17.0 Å². The number of halogens is 1. The maximum Gasteiger partial charge on any atom is 0.272 e. The fourth-order valence-corrected chi connectivity index (χ4v) is 1.82. The lowest BCUT2D eigenvalue weighted by Crippen LogP contribution is -2.06. The van der Waals surface area contributed by atoms with E-state index >= 15 is 0 Å². The number of nitrogens with one attached hydrogen (secondary N) is 2. The first-order valence-corrected chi connectivity index (χ1v) is 4.54. The van der Waals surface area contributed by atoms with E-state index in [9.17, 15) is 9.18 Å². The summed E-state index contributed by atoms with van der Waals surface area (Å²) in [5, 5.41) is 1.65. The highest BCUT2D eigenvalue weighted by atomic mass is 19.1. The van der Waals surface area contributed by atoms with E-state index in [1.165, 1.54) is 12.1 Å². The summed E-state index contributed by atoms with van der Waals surface area (Å²) in [5.41, 5.74) is 0.814. The molecule has 0 amide bonds. The second-order valence-electron chi connectivity index (χ2n) is 3.41. The van der Waals surface area contributed by atoms with Crippen LogP contribution in [-0.4, -0.2) is 9.97 Å². The third-order valence-electron chi connectivity index (χ3n) is 2.49. The van der Waals surface area contributed by atoms with Crippen LogP contribution >= 0.6 is 0 Å². The Morgan fingerprint density at radius 2 is 2.00 bits per heavy atom. The summed E-state index contributed by atoms with van der Waals surface area (Å²) in [6, 6.07) is 6.18. The Balaban J connectivity index is 2.66. The van der Waals surface area contributed by atoms with Crippen molar-refractivity contribution in [2.45, 2.75) is 0 Å². The highest BCUT2D eigenvalue weighted by Gasteiger charge is 2.05. The Bertz CT molecular complexity index is 711. The molecule has 0 aliphatic rings. The van der Waals surface area contributed by atoms with E-state index in [0.29, 0.717) is 11.0 Å². The summed E-state index contributed by atoms with van der Waals surface area (Å²) in [7, 11) is 0. The summed E-state index contributed by atoms with van der Waals surface area (Å²) in [6.45, 7) is 0. The third kappa shape index (κ3) is 1.08. The Morgan fingerprint density at radius 1 is 1.13 bits per heavy atom. The molecule has 3 nitrogen and oxygen atoms in total. The van der Waals surface area contributed by atoms with E-state index in [2.05, 4.69) is 9.97 Å². The van der Waals surface area contributed by atoms with Gasteiger partial charge < -0.3 is 9.97 Å². The van der Waals surface area contributed by atoms with Crippen molar-refractivity contribution in [1.29, 1.82) is 0 Å². The number of aromatic amines is 2. The number of H-pyrrole nitrogens is 2. The number of rotatable bonds is 0. The third-order valence-corrected chi connectivity index (χ3v) is 2.49. The van der Waals surface area contributed by atoms with Gasteiger partial charge in [-0.15, -0.1) is 0 Å². The zero-order valence-electron chi connectivity index (χ0n) is 7.67. The van der Waals surface area contributed by atoms with Crippen molar-refractivity contribution >= 4 is 21.8 Å². The molecule has 74 valence electrons. The summed E-state index contributed by atoms with van der Waals surface area (Å²) in [6.07, 6.45) is 1.70. The highest BCUT2D eigenvalue weighted by molar-refractivity contribution is 6.04. The van der Waals surface area contributed by atoms with Gasteiger partial charge in [0.2, 0.25) is 0 Å². The number of hydrogen-bond acceptors (Lipinski definition) is 1. The fourth-order valence-electron chi connectivity index (χ4n) is 1.82. The van der Waals surface area contributed by atoms with Gasteiger partial charge in [-0.25, -0.2) is 4.39 Å². The molecule has 4 heteroatoms. The number of fused-ring (bicyclic) bond motifs is 3. The van der Waals surface area contributed by atoms with Gasteiger partial charge in [0.15, 0.2) is 0 Å². The Hall–Kier alpha value is -2.10. The first-order chi connectivity index (χ1) is 7.25. The average Bonchev–Trinajstić information content (AvgIpc) is 2.66. The highest BCUT2D eigenvalue weighted by Crippen LogP contribution is 2.20. The van der Waals surface area contributed by atoms with Crippen molar-refractivity contribution in [3.63, 3.8) is 0 Å². The lowest BCUT2D eigenvalue weighted by Gasteiger charge is -1.99. The molecule has 0 aliphatic heterocycles. The molecule has 15 heavy (non-hydrogen) atoms. The van der Waals surface area contributed by atoms with Gasteiger partial charge in [-0.2, -0.15) is 0 Å². The van der Waals surface area contributed by atoms with Gasteiger partial charge in [0.05, 0.1) is 5.52 Å². The average molecular weight is 202 g/mol. The summed E-state index contributed by atoms with van der Waals surface area (Å²) in [5.74, 6) is -0.354. The van der Waals surface area contributed by atoms with Gasteiger partial charge in [0.25, 0.3) is 5.56 Å². The minimum absolute atomic E-state index is 0.229. The molecule has 3 aromatic rings. The number of aromatic nitrogens is 2. The molecular weight excluding hydrogens is 195 g/mol. The minimum atomic E-state index is -0.354. The molecule has 0 unspecified atom stereocenters. The molecule has 0 fully saturated rings.